The first kappa shape index (κ1) is 56.2. The molecule has 1 aliphatic rings. The van der Waals surface area contributed by atoms with E-state index < -0.39 is 0 Å². The Hall–Kier alpha value is -7.68. The number of halogens is 2. The molecule has 9 aromatic rings. The van der Waals surface area contributed by atoms with Crippen molar-refractivity contribution in [3.63, 3.8) is 0 Å². The molecule has 0 N–H and O–H groups in total. The van der Waals surface area contributed by atoms with Crippen LogP contribution in [0.25, 0.3) is 33.4 Å². The standard InChI is InChI=1S/C21H19F.C15H16.C14H14.C7H9F.2C7H8/c1-15-7-8-16(2)21(13-15)20-6-4-3-5-18(20)14-17-9-11-19(22)12-10-17;1-11-8-9-13(3)15(10-11)14-7-5-4-6-12(14)2;1-11-3-7-13(8-4-11)14-9-5-12(2)6-10-14;1-6-2-4-7(8)5-3-6;2*1-7-5-3-2-4-6-7/h3-13H,14H2,1-2H3;4-10H,1-3H3;3-10H,1-2H3;2,4-6H,3H2,1H3;2*2-6H,1H3. The van der Waals surface area contributed by atoms with Crippen LogP contribution in [0, 0.1) is 74.0 Å². The first-order chi connectivity index (χ1) is 35.1. The van der Waals surface area contributed by atoms with E-state index in [0.717, 1.165) is 18.4 Å². The van der Waals surface area contributed by atoms with Crippen LogP contribution >= 0.6 is 0 Å². The molecule has 372 valence electrons. The normalized spacial score (nSPS) is 12.0. The van der Waals surface area contributed by atoms with Gasteiger partial charge in [0.15, 0.2) is 0 Å². The number of rotatable bonds is 5. The largest absolute Gasteiger partial charge is 0.207 e. The fourth-order valence-electron chi connectivity index (χ4n) is 7.95. The molecular weight excluding hydrogens is 891 g/mol. The number of aryl methyl sites for hydroxylation is 9. The molecule has 0 heterocycles. The van der Waals surface area contributed by atoms with Gasteiger partial charge < -0.3 is 0 Å². The van der Waals surface area contributed by atoms with E-state index in [-0.39, 0.29) is 11.6 Å². The summed E-state index contributed by atoms with van der Waals surface area (Å²) in [5, 5.41) is 0. The topological polar surface area (TPSA) is 0 Å². The van der Waals surface area contributed by atoms with Crippen LogP contribution in [0.1, 0.15) is 74.5 Å². The van der Waals surface area contributed by atoms with E-state index in [4.69, 9.17) is 0 Å². The predicted octanol–water partition coefficient (Wildman–Crippen LogP) is 20.4. The Morgan fingerprint density at radius 3 is 1.19 bits per heavy atom. The van der Waals surface area contributed by atoms with Crippen LogP contribution in [0.5, 0.6) is 0 Å². The van der Waals surface area contributed by atoms with E-state index in [1.54, 1.807) is 6.08 Å². The van der Waals surface area contributed by atoms with E-state index in [1.165, 1.54) is 107 Å². The molecule has 1 aliphatic carbocycles. The van der Waals surface area contributed by atoms with Crippen LogP contribution < -0.4 is 0 Å². The van der Waals surface area contributed by atoms with Crippen molar-refractivity contribution in [2.75, 3.05) is 0 Å². The van der Waals surface area contributed by atoms with Crippen LogP contribution in [0.2, 0.25) is 0 Å². The fourth-order valence-corrected chi connectivity index (χ4v) is 7.95. The average molecular weight is 965 g/mol. The molecule has 0 spiro atoms. The number of hydrogen-bond donors (Lipinski definition) is 0. The van der Waals surface area contributed by atoms with E-state index in [1.807, 2.05) is 54.6 Å². The van der Waals surface area contributed by atoms with E-state index in [2.05, 4.69) is 227 Å². The van der Waals surface area contributed by atoms with E-state index in [9.17, 15) is 8.78 Å². The summed E-state index contributed by atoms with van der Waals surface area (Å²) < 4.78 is 25.2. The molecule has 0 nitrogen and oxygen atoms in total. The quantitative estimate of drug-likeness (QED) is 0.161. The van der Waals surface area contributed by atoms with E-state index in [0.29, 0.717) is 5.92 Å². The molecule has 9 aromatic carbocycles. The van der Waals surface area contributed by atoms with Gasteiger partial charge in [-0.1, -0.05) is 253 Å². The molecule has 0 radical (unpaired) electrons. The predicted molar refractivity (Wildman–Crippen MR) is 312 cm³/mol. The summed E-state index contributed by atoms with van der Waals surface area (Å²) in [6.45, 7) is 21.2. The molecule has 73 heavy (non-hydrogen) atoms. The Kier molecular flexibility index (Phi) is 22.8. The van der Waals surface area contributed by atoms with Gasteiger partial charge in [0.1, 0.15) is 11.6 Å². The maximum atomic E-state index is 13.1. The van der Waals surface area contributed by atoms with Crippen molar-refractivity contribution < 1.29 is 8.78 Å². The monoisotopic (exact) mass is 965 g/mol. The molecule has 0 saturated heterocycles. The average Bonchev–Trinajstić information content (AvgIpc) is 3.39. The summed E-state index contributed by atoms with van der Waals surface area (Å²) in [5.41, 5.74) is 22.0. The minimum atomic E-state index is -0.188. The molecule has 1 atom stereocenters. The number of benzene rings is 9. The van der Waals surface area contributed by atoms with Crippen molar-refractivity contribution in [3.8, 4) is 33.4 Å². The van der Waals surface area contributed by atoms with Crippen molar-refractivity contribution >= 4 is 0 Å². The zero-order valence-corrected chi connectivity index (χ0v) is 44.8. The third kappa shape index (κ3) is 19.8. The first-order valence-electron chi connectivity index (χ1n) is 25.4. The van der Waals surface area contributed by atoms with Gasteiger partial charge in [-0.25, -0.2) is 8.78 Å². The zero-order chi connectivity index (χ0) is 52.5. The molecule has 10 rings (SSSR count). The highest BCUT2D eigenvalue weighted by Gasteiger charge is 2.09. The minimum absolute atomic E-state index is 0.0944. The SMILES string of the molecule is CC1C=CC(F)=CC1.Cc1ccc(-c2ccc(C)cc2)cc1.Cc1ccc(C)c(-c2ccccc2C)c1.Cc1ccc(C)c(-c2ccccc2Cc2ccc(F)cc2)c1.Cc1ccccc1.Cc1ccccc1. The third-order valence-corrected chi connectivity index (χ3v) is 12.4. The lowest BCUT2D eigenvalue weighted by Gasteiger charge is -2.13. The first-order valence-corrected chi connectivity index (χ1v) is 25.4. The molecule has 0 fully saturated rings. The lowest BCUT2D eigenvalue weighted by Crippen LogP contribution is -1.94. The molecular formula is C71H74F2. The highest BCUT2D eigenvalue weighted by Crippen LogP contribution is 2.30. The fraction of sp³-hybridized carbons (Fsp3) is 0.183. The third-order valence-electron chi connectivity index (χ3n) is 12.4. The highest BCUT2D eigenvalue weighted by atomic mass is 19.1. The van der Waals surface area contributed by atoms with Crippen molar-refractivity contribution in [1.29, 1.82) is 0 Å². The van der Waals surface area contributed by atoms with Crippen LogP contribution in [0.15, 0.2) is 242 Å². The lowest BCUT2D eigenvalue weighted by atomic mass is 9.91. The van der Waals surface area contributed by atoms with Crippen molar-refractivity contribution in [2.24, 2.45) is 5.92 Å². The highest BCUT2D eigenvalue weighted by molar-refractivity contribution is 5.72. The van der Waals surface area contributed by atoms with Gasteiger partial charge in [0.25, 0.3) is 0 Å². The van der Waals surface area contributed by atoms with Crippen LogP contribution in [0.3, 0.4) is 0 Å². The molecule has 1 unspecified atom stereocenters. The second-order valence-corrected chi connectivity index (χ2v) is 19.1. The van der Waals surface area contributed by atoms with Crippen molar-refractivity contribution in [3.05, 3.63) is 309 Å². The molecule has 0 saturated carbocycles. The summed E-state index contributed by atoms with van der Waals surface area (Å²) in [4.78, 5) is 0. The second kappa shape index (κ2) is 29.6. The van der Waals surface area contributed by atoms with Gasteiger partial charge in [0.05, 0.1) is 0 Å². The van der Waals surface area contributed by atoms with Crippen LogP contribution in [-0.2, 0) is 6.42 Å². The molecule has 2 heteroatoms. The molecule has 0 bridgehead atoms. The maximum absolute atomic E-state index is 13.1. The second-order valence-electron chi connectivity index (χ2n) is 19.1. The Morgan fingerprint density at radius 2 is 0.767 bits per heavy atom. The Labute approximate surface area is 437 Å². The summed E-state index contributed by atoms with van der Waals surface area (Å²) in [6.07, 6.45) is 6.68. The number of allylic oxidation sites excluding steroid dienone is 4. The summed E-state index contributed by atoms with van der Waals surface area (Å²) in [6, 6.07) is 74.7. The van der Waals surface area contributed by atoms with Gasteiger partial charge in [-0.2, -0.15) is 0 Å². The minimum Gasteiger partial charge on any atom is -0.207 e. The molecule has 0 aliphatic heterocycles. The Bertz CT molecular complexity index is 3010. The van der Waals surface area contributed by atoms with Crippen LogP contribution in [-0.4, -0.2) is 0 Å². The number of hydrogen-bond acceptors (Lipinski definition) is 0. The van der Waals surface area contributed by atoms with Gasteiger partial charge in [0, 0.05) is 0 Å². The Balaban J connectivity index is 0.000000171. The smallest absolute Gasteiger partial charge is 0.123 e. The summed E-state index contributed by atoms with van der Waals surface area (Å²) >= 11 is 0. The van der Waals surface area contributed by atoms with Gasteiger partial charge in [-0.05, 0) is 167 Å². The van der Waals surface area contributed by atoms with Crippen LogP contribution in [0.4, 0.5) is 8.78 Å². The van der Waals surface area contributed by atoms with Crippen molar-refractivity contribution in [1.82, 2.24) is 0 Å². The maximum Gasteiger partial charge on any atom is 0.123 e. The summed E-state index contributed by atoms with van der Waals surface area (Å²) in [5.74, 6) is 0.240. The molecule has 0 aromatic heterocycles. The van der Waals surface area contributed by atoms with Gasteiger partial charge in [0.2, 0.25) is 0 Å². The lowest BCUT2D eigenvalue weighted by molar-refractivity contribution is 0.624. The van der Waals surface area contributed by atoms with E-state index >= 15 is 0 Å². The zero-order valence-electron chi connectivity index (χ0n) is 44.8. The molecule has 0 amide bonds. The van der Waals surface area contributed by atoms with Gasteiger partial charge in [-0.15, -0.1) is 0 Å². The van der Waals surface area contributed by atoms with Crippen molar-refractivity contribution in [2.45, 2.75) is 82.1 Å². The van der Waals surface area contributed by atoms with Gasteiger partial charge >= 0.3 is 0 Å². The van der Waals surface area contributed by atoms with Gasteiger partial charge in [-0.3, -0.25) is 0 Å². The Morgan fingerprint density at radius 1 is 0.370 bits per heavy atom. The summed E-state index contributed by atoms with van der Waals surface area (Å²) in [7, 11) is 0.